The molecular weight excluding hydrogens is 592 g/mol. The summed E-state index contributed by atoms with van der Waals surface area (Å²) >= 11 is 0. The van der Waals surface area contributed by atoms with Crippen molar-refractivity contribution in [2.45, 2.75) is 124 Å². The number of hydrogen-bond acceptors (Lipinski definition) is 8. The Bertz CT molecular complexity index is 1300. The summed E-state index contributed by atoms with van der Waals surface area (Å²) in [6, 6.07) is 10.7. The minimum atomic E-state index is -0.753. The largest absolute Gasteiger partial charge is 0.490 e. The van der Waals surface area contributed by atoms with Crippen LogP contribution in [0.3, 0.4) is 0 Å². The van der Waals surface area contributed by atoms with Gasteiger partial charge in [-0.3, -0.25) is 4.90 Å². The van der Waals surface area contributed by atoms with Crippen molar-refractivity contribution >= 4 is 0 Å². The normalized spacial score (nSPS) is 17.2. The second-order valence-corrected chi connectivity index (χ2v) is 13.1. The van der Waals surface area contributed by atoms with Gasteiger partial charge in [0.1, 0.15) is 5.41 Å². The van der Waals surface area contributed by atoms with Gasteiger partial charge in [0.15, 0.2) is 23.0 Å². The predicted molar refractivity (Wildman–Crippen MR) is 186 cm³/mol. The SMILES string of the molecule is CCCCCOc1c2c(c(OCCCCC)c(OC)c1OC)CN(C)C(CCCC(C#N)(C(CC)CC)C1Oc3ccccc3O1)C2. The smallest absolute Gasteiger partial charge is 0.260 e. The molecule has 8 nitrogen and oxygen atoms in total. The van der Waals surface area contributed by atoms with E-state index in [9.17, 15) is 5.26 Å². The molecule has 2 unspecified atom stereocenters. The van der Waals surface area contributed by atoms with E-state index in [1.165, 1.54) is 0 Å². The van der Waals surface area contributed by atoms with Gasteiger partial charge >= 0.3 is 0 Å². The highest BCUT2D eigenvalue weighted by Gasteiger charge is 2.50. The molecule has 2 heterocycles. The van der Waals surface area contributed by atoms with Gasteiger partial charge in [-0.05, 0) is 63.6 Å². The third-order valence-electron chi connectivity index (χ3n) is 10.2. The molecule has 0 amide bonds. The van der Waals surface area contributed by atoms with Crippen LogP contribution in [0.5, 0.6) is 34.5 Å². The summed E-state index contributed by atoms with van der Waals surface area (Å²) in [5, 5.41) is 10.8. The van der Waals surface area contributed by atoms with Crippen molar-refractivity contribution in [3.8, 4) is 40.6 Å². The second-order valence-electron chi connectivity index (χ2n) is 13.1. The van der Waals surface area contributed by atoms with Gasteiger partial charge in [-0.2, -0.15) is 5.26 Å². The van der Waals surface area contributed by atoms with Crippen molar-refractivity contribution in [1.82, 2.24) is 4.90 Å². The summed E-state index contributed by atoms with van der Waals surface area (Å²) in [6.45, 7) is 10.7. The number of nitrogens with zero attached hydrogens (tertiary/aromatic N) is 2. The Balaban J connectivity index is 1.60. The number of rotatable bonds is 20. The fourth-order valence-electron chi connectivity index (χ4n) is 7.43. The van der Waals surface area contributed by atoms with Crippen molar-refractivity contribution in [2.24, 2.45) is 11.3 Å². The quantitative estimate of drug-likeness (QED) is 0.131. The first kappa shape index (κ1) is 36.5. The van der Waals surface area contributed by atoms with Crippen LogP contribution in [-0.2, 0) is 13.0 Å². The third-order valence-corrected chi connectivity index (χ3v) is 10.2. The zero-order chi connectivity index (χ0) is 33.8. The van der Waals surface area contributed by atoms with Crippen LogP contribution in [0.4, 0.5) is 0 Å². The Morgan fingerprint density at radius 2 is 1.38 bits per heavy atom. The van der Waals surface area contributed by atoms with Gasteiger partial charge in [0.05, 0.1) is 33.5 Å². The summed E-state index contributed by atoms with van der Waals surface area (Å²) in [5.41, 5.74) is 1.52. The Kier molecular flexibility index (Phi) is 13.8. The fraction of sp³-hybridized carbons (Fsp3) is 0.667. The van der Waals surface area contributed by atoms with E-state index in [1.54, 1.807) is 14.2 Å². The van der Waals surface area contributed by atoms with E-state index >= 15 is 0 Å². The average Bonchev–Trinajstić information content (AvgIpc) is 3.53. The first-order valence-electron chi connectivity index (χ1n) is 18.0. The van der Waals surface area contributed by atoms with Crippen LogP contribution < -0.4 is 28.4 Å². The van der Waals surface area contributed by atoms with Crippen LogP contribution in [0.15, 0.2) is 24.3 Å². The number of hydrogen-bond donors (Lipinski definition) is 0. The van der Waals surface area contributed by atoms with Crippen LogP contribution in [0, 0.1) is 22.7 Å². The number of para-hydroxylation sites is 2. The Hall–Kier alpha value is -3.31. The first-order valence-corrected chi connectivity index (χ1v) is 18.0. The maximum atomic E-state index is 10.8. The number of nitriles is 1. The van der Waals surface area contributed by atoms with Gasteiger partial charge in [0.25, 0.3) is 6.29 Å². The predicted octanol–water partition coefficient (Wildman–Crippen LogP) is 9.11. The molecule has 2 aliphatic rings. The second kappa shape index (κ2) is 17.7. The molecule has 0 saturated heterocycles. The van der Waals surface area contributed by atoms with Crippen LogP contribution in [0.25, 0.3) is 0 Å². The zero-order valence-corrected chi connectivity index (χ0v) is 30.0. The first-order chi connectivity index (χ1) is 22.9. The van der Waals surface area contributed by atoms with Crippen molar-refractivity contribution < 1.29 is 28.4 Å². The van der Waals surface area contributed by atoms with E-state index in [4.69, 9.17) is 28.4 Å². The highest BCUT2D eigenvalue weighted by atomic mass is 16.7. The lowest BCUT2D eigenvalue weighted by Crippen LogP contribution is -2.46. The number of fused-ring (bicyclic) bond motifs is 2. The molecule has 2 atom stereocenters. The molecule has 8 heteroatoms. The lowest BCUT2D eigenvalue weighted by Gasteiger charge is -2.39. The molecule has 0 radical (unpaired) electrons. The molecule has 47 heavy (non-hydrogen) atoms. The van der Waals surface area contributed by atoms with Crippen molar-refractivity contribution in [2.75, 3.05) is 34.5 Å². The van der Waals surface area contributed by atoms with E-state index in [2.05, 4.69) is 45.7 Å². The summed E-state index contributed by atoms with van der Waals surface area (Å²) in [7, 11) is 5.55. The van der Waals surface area contributed by atoms with Gasteiger partial charge < -0.3 is 28.4 Å². The van der Waals surface area contributed by atoms with Crippen LogP contribution in [-0.4, -0.2) is 51.7 Å². The van der Waals surface area contributed by atoms with Crippen LogP contribution in [0.2, 0.25) is 0 Å². The molecule has 2 aromatic rings. The number of likely N-dealkylation sites (N-methyl/N-ethyl adjacent to an activating group) is 1. The molecule has 2 aliphatic heterocycles. The standard InChI is InChI=1S/C39H58N2O6/c1-8-12-16-23-44-34-30-25-29(41(5)26-31(30)35(45-24-17-13-9-2)37(43-7)36(34)42-6)19-18-22-39(27-40,28(10-3)11-4)38-46-32-20-14-15-21-33(32)47-38/h14-15,20-21,28-29,38H,8-13,16-19,22-26H2,1-7H3. The van der Waals surface area contributed by atoms with Gasteiger partial charge in [-0.15, -0.1) is 0 Å². The highest BCUT2D eigenvalue weighted by molar-refractivity contribution is 5.68. The number of benzene rings is 2. The number of ether oxygens (including phenoxy) is 6. The van der Waals surface area contributed by atoms with E-state index < -0.39 is 11.7 Å². The van der Waals surface area contributed by atoms with Gasteiger partial charge in [-0.25, -0.2) is 0 Å². The van der Waals surface area contributed by atoms with E-state index in [1.807, 2.05) is 24.3 Å². The minimum absolute atomic E-state index is 0.156. The van der Waals surface area contributed by atoms with Gasteiger partial charge in [0, 0.05) is 23.7 Å². The van der Waals surface area contributed by atoms with E-state index in [0.717, 1.165) is 111 Å². The van der Waals surface area contributed by atoms with E-state index in [-0.39, 0.29) is 12.0 Å². The molecule has 0 saturated carbocycles. The molecule has 0 aliphatic carbocycles. The molecule has 2 aromatic carbocycles. The summed E-state index contributed by atoms with van der Waals surface area (Å²) in [4.78, 5) is 2.41. The minimum Gasteiger partial charge on any atom is -0.490 e. The molecule has 260 valence electrons. The Morgan fingerprint density at radius 3 is 1.87 bits per heavy atom. The average molecular weight is 651 g/mol. The number of methoxy groups -OCH3 is 2. The van der Waals surface area contributed by atoms with Crippen LogP contribution >= 0.6 is 0 Å². The molecule has 0 fully saturated rings. The molecular formula is C39H58N2O6. The van der Waals surface area contributed by atoms with E-state index in [0.29, 0.717) is 31.1 Å². The van der Waals surface area contributed by atoms with Crippen molar-refractivity contribution in [3.63, 3.8) is 0 Å². The lowest BCUT2D eigenvalue weighted by molar-refractivity contribution is -0.0742. The summed E-state index contributed by atoms with van der Waals surface area (Å²) < 4.78 is 37.6. The van der Waals surface area contributed by atoms with Gasteiger partial charge in [0.2, 0.25) is 11.5 Å². The fourth-order valence-corrected chi connectivity index (χ4v) is 7.43. The summed E-state index contributed by atoms with van der Waals surface area (Å²) in [5.74, 6) is 4.37. The zero-order valence-electron chi connectivity index (χ0n) is 30.0. The van der Waals surface area contributed by atoms with Crippen LogP contribution in [0.1, 0.15) is 109 Å². The molecule has 0 N–H and O–H groups in total. The molecule has 0 spiro atoms. The Morgan fingerprint density at radius 1 is 0.830 bits per heavy atom. The van der Waals surface area contributed by atoms with Gasteiger partial charge in [-0.1, -0.05) is 78.4 Å². The topological polar surface area (TPSA) is 82.4 Å². The lowest BCUT2D eigenvalue weighted by atomic mass is 9.69. The number of unbranched alkanes of at least 4 members (excludes halogenated alkanes) is 4. The third kappa shape index (κ3) is 8.05. The summed E-state index contributed by atoms with van der Waals surface area (Å²) in [6.07, 6.45) is 10.9. The molecule has 0 bridgehead atoms. The maximum absolute atomic E-state index is 10.8. The Labute approximate surface area is 283 Å². The molecule has 4 rings (SSSR count). The monoisotopic (exact) mass is 650 g/mol. The maximum Gasteiger partial charge on any atom is 0.260 e. The highest BCUT2D eigenvalue weighted by Crippen LogP contribution is 2.53. The molecule has 0 aromatic heterocycles. The van der Waals surface area contributed by atoms with Crippen molar-refractivity contribution in [1.29, 1.82) is 5.26 Å². The van der Waals surface area contributed by atoms with Crippen molar-refractivity contribution in [3.05, 3.63) is 35.4 Å².